The summed E-state index contributed by atoms with van der Waals surface area (Å²) in [4.78, 5) is 22.9. The van der Waals surface area contributed by atoms with E-state index in [9.17, 15) is 4.79 Å². The van der Waals surface area contributed by atoms with Gasteiger partial charge in [-0.15, -0.1) is 12.4 Å². The van der Waals surface area contributed by atoms with Crippen LogP contribution in [0, 0.1) is 13.8 Å². The first kappa shape index (κ1) is 24.6. The number of benzene rings is 3. The first-order valence-corrected chi connectivity index (χ1v) is 12.4. The average molecular weight is 496 g/mol. The van der Waals surface area contributed by atoms with Crippen LogP contribution in [-0.4, -0.2) is 55.2 Å². The lowest BCUT2D eigenvalue weighted by molar-refractivity contribution is -0.118. The van der Waals surface area contributed by atoms with E-state index in [4.69, 9.17) is 9.72 Å². The topological polar surface area (TPSA) is 45.7 Å². The molecule has 0 aliphatic carbocycles. The monoisotopic (exact) mass is 495 g/mol. The molecule has 178 valence electrons. The molecular formula is C27H30ClN3O2S. The Labute approximate surface area is 210 Å². The summed E-state index contributed by atoms with van der Waals surface area (Å²) in [5, 5.41) is 3.09. The molecule has 1 aliphatic heterocycles. The van der Waals surface area contributed by atoms with Crippen molar-refractivity contribution < 1.29 is 9.53 Å². The van der Waals surface area contributed by atoms with E-state index in [-0.39, 0.29) is 18.3 Å². The van der Waals surface area contributed by atoms with Gasteiger partial charge in [0.2, 0.25) is 5.91 Å². The predicted molar refractivity (Wildman–Crippen MR) is 144 cm³/mol. The molecule has 1 saturated heterocycles. The molecule has 1 aromatic heterocycles. The van der Waals surface area contributed by atoms with Gasteiger partial charge < -0.3 is 4.74 Å². The van der Waals surface area contributed by atoms with E-state index < -0.39 is 0 Å². The van der Waals surface area contributed by atoms with Crippen molar-refractivity contribution in [1.29, 1.82) is 0 Å². The number of thiazole rings is 1. The van der Waals surface area contributed by atoms with Gasteiger partial charge in [-0.1, -0.05) is 59.9 Å². The highest BCUT2D eigenvalue weighted by Gasteiger charge is 2.23. The van der Waals surface area contributed by atoms with Crippen LogP contribution in [0.2, 0.25) is 0 Å². The van der Waals surface area contributed by atoms with Gasteiger partial charge >= 0.3 is 0 Å². The second kappa shape index (κ2) is 10.8. The average Bonchev–Trinajstić information content (AvgIpc) is 3.27. The van der Waals surface area contributed by atoms with Gasteiger partial charge in [-0.3, -0.25) is 14.6 Å². The van der Waals surface area contributed by atoms with E-state index in [1.54, 1.807) is 11.3 Å². The Kier molecular flexibility index (Phi) is 7.84. The molecule has 0 atom stereocenters. The van der Waals surface area contributed by atoms with Gasteiger partial charge in [0.1, 0.15) is 0 Å². The number of hydrogen-bond donors (Lipinski definition) is 0. The number of carbonyl (C=O) groups is 1. The van der Waals surface area contributed by atoms with E-state index in [2.05, 4.69) is 55.1 Å². The summed E-state index contributed by atoms with van der Waals surface area (Å²) in [6.07, 6.45) is 0.360. The number of fused-ring (bicyclic) bond motifs is 2. The minimum Gasteiger partial charge on any atom is -0.379 e. The standard InChI is InChI=1S/C27H29N3O2S.ClH/c1-19-10-11-24-26(20(19)2)28-27(33-24)30(13-12-29-14-16-32-17-15-29)25(31)18-22-8-5-7-21-6-3-4-9-23(21)22;/h3-11H,12-18H2,1-2H3;1H. The lowest BCUT2D eigenvalue weighted by Crippen LogP contribution is -2.43. The molecule has 1 amide bonds. The normalized spacial score (nSPS) is 14.3. The first-order valence-electron chi connectivity index (χ1n) is 11.5. The van der Waals surface area contributed by atoms with Gasteiger partial charge in [-0.05, 0) is 47.4 Å². The smallest absolute Gasteiger partial charge is 0.233 e. The number of anilines is 1. The zero-order valence-corrected chi connectivity index (χ0v) is 21.3. The zero-order valence-electron chi connectivity index (χ0n) is 19.6. The number of nitrogens with zero attached hydrogens (tertiary/aromatic N) is 3. The van der Waals surface area contributed by atoms with Gasteiger partial charge in [0.25, 0.3) is 0 Å². The Balaban J connectivity index is 0.00000274. The summed E-state index contributed by atoms with van der Waals surface area (Å²) in [5.74, 6) is 0.0908. The highest BCUT2D eigenvalue weighted by Crippen LogP contribution is 2.32. The van der Waals surface area contributed by atoms with E-state index in [0.29, 0.717) is 13.0 Å². The fourth-order valence-corrected chi connectivity index (χ4v) is 5.50. The number of carbonyl (C=O) groups excluding carboxylic acids is 1. The first-order chi connectivity index (χ1) is 16.1. The predicted octanol–water partition coefficient (Wildman–Crippen LogP) is 5.40. The highest BCUT2D eigenvalue weighted by molar-refractivity contribution is 7.22. The Hall–Kier alpha value is -2.51. The third kappa shape index (κ3) is 5.10. The molecule has 0 N–H and O–H groups in total. The van der Waals surface area contributed by atoms with E-state index in [1.165, 1.54) is 11.1 Å². The SMILES string of the molecule is Cc1ccc2sc(N(CCN3CCOCC3)C(=O)Cc3cccc4ccccc34)nc2c1C.Cl. The van der Waals surface area contributed by atoms with Crippen LogP contribution in [0.4, 0.5) is 5.13 Å². The van der Waals surface area contributed by atoms with Crippen molar-refractivity contribution in [3.8, 4) is 0 Å². The van der Waals surface area contributed by atoms with Crippen molar-refractivity contribution in [1.82, 2.24) is 9.88 Å². The molecule has 1 fully saturated rings. The lowest BCUT2D eigenvalue weighted by atomic mass is 10.0. The summed E-state index contributed by atoms with van der Waals surface area (Å²) in [7, 11) is 0. The van der Waals surface area contributed by atoms with Gasteiger partial charge in [-0.2, -0.15) is 0 Å². The number of hydrogen-bond acceptors (Lipinski definition) is 5. The molecule has 2 heterocycles. The third-order valence-corrected chi connectivity index (χ3v) is 7.61. The number of aryl methyl sites for hydroxylation is 2. The van der Waals surface area contributed by atoms with E-state index >= 15 is 0 Å². The van der Waals surface area contributed by atoms with Crippen molar-refractivity contribution in [2.24, 2.45) is 0 Å². The van der Waals surface area contributed by atoms with Gasteiger partial charge in [0.15, 0.2) is 5.13 Å². The molecule has 5 nitrogen and oxygen atoms in total. The largest absolute Gasteiger partial charge is 0.379 e. The van der Waals surface area contributed by atoms with Crippen LogP contribution < -0.4 is 4.90 Å². The number of morpholine rings is 1. The Bertz CT molecular complexity index is 1290. The van der Waals surface area contributed by atoms with Crippen LogP contribution in [0.3, 0.4) is 0 Å². The summed E-state index contributed by atoms with van der Waals surface area (Å²) < 4.78 is 6.62. The van der Waals surface area contributed by atoms with Gasteiger partial charge in [0, 0.05) is 26.2 Å². The molecule has 0 spiro atoms. The Morgan fingerprint density at radius 1 is 1.06 bits per heavy atom. The van der Waals surface area contributed by atoms with Crippen LogP contribution in [-0.2, 0) is 16.0 Å². The molecule has 4 aromatic rings. The Morgan fingerprint density at radius 3 is 2.65 bits per heavy atom. The van der Waals surface area contributed by atoms with E-state index in [0.717, 1.165) is 64.5 Å². The number of amides is 1. The van der Waals surface area contributed by atoms with Crippen LogP contribution in [0.25, 0.3) is 21.0 Å². The van der Waals surface area contributed by atoms with E-state index in [1.807, 2.05) is 23.1 Å². The maximum Gasteiger partial charge on any atom is 0.233 e. The molecular weight excluding hydrogens is 466 g/mol. The van der Waals surface area contributed by atoms with Crippen LogP contribution in [0.1, 0.15) is 16.7 Å². The maximum absolute atomic E-state index is 13.7. The van der Waals surface area contributed by atoms with Gasteiger partial charge in [-0.25, -0.2) is 4.98 Å². The molecule has 3 aromatic carbocycles. The minimum absolute atomic E-state index is 0. The number of aromatic nitrogens is 1. The molecule has 0 unspecified atom stereocenters. The lowest BCUT2D eigenvalue weighted by Gasteiger charge is -2.29. The quantitative estimate of drug-likeness (QED) is 0.359. The Morgan fingerprint density at radius 2 is 1.82 bits per heavy atom. The third-order valence-electron chi connectivity index (χ3n) is 6.57. The molecule has 7 heteroatoms. The van der Waals surface area contributed by atoms with Crippen molar-refractivity contribution in [3.05, 3.63) is 71.3 Å². The number of halogens is 1. The van der Waals surface area contributed by atoms with Crippen molar-refractivity contribution >= 4 is 55.8 Å². The molecule has 5 rings (SSSR count). The molecule has 0 saturated carbocycles. The molecule has 0 bridgehead atoms. The zero-order chi connectivity index (χ0) is 22.8. The van der Waals surface area contributed by atoms with Gasteiger partial charge in [0.05, 0.1) is 29.9 Å². The van der Waals surface area contributed by atoms with Crippen molar-refractivity contribution in [2.45, 2.75) is 20.3 Å². The summed E-state index contributed by atoms with van der Waals surface area (Å²) in [5.41, 5.74) is 4.47. The van der Waals surface area contributed by atoms with Crippen molar-refractivity contribution in [2.75, 3.05) is 44.3 Å². The van der Waals surface area contributed by atoms with Crippen LogP contribution in [0.5, 0.6) is 0 Å². The van der Waals surface area contributed by atoms with Crippen LogP contribution in [0.15, 0.2) is 54.6 Å². The summed E-state index contributed by atoms with van der Waals surface area (Å²) >= 11 is 1.61. The highest BCUT2D eigenvalue weighted by atomic mass is 35.5. The minimum atomic E-state index is 0. The summed E-state index contributed by atoms with van der Waals surface area (Å²) in [6.45, 7) is 8.98. The summed E-state index contributed by atoms with van der Waals surface area (Å²) in [6, 6.07) is 18.7. The maximum atomic E-state index is 13.7. The molecule has 1 aliphatic rings. The second-order valence-corrected chi connectivity index (χ2v) is 9.67. The fraction of sp³-hybridized carbons (Fsp3) is 0.333. The van der Waals surface area contributed by atoms with Crippen LogP contribution >= 0.6 is 23.7 Å². The molecule has 0 radical (unpaired) electrons. The number of ether oxygens (including phenoxy) is 1. The van der Waals surface area contributed by atoms with Crippen molar-refractivity contribution in [3.63, 3.8) is 0 Å². The molecule has 34 heavy (non-hydrogen) atoms. The fourth-order valence-electron chi connectivity index (χ4n) is 4.43. The second-order valence-electron chi connectivity index (χ2n) is 8.67. The number of rotatable bonds is 6.